The zero-order chi connectivity index (χ0) is 32.1. The van der Waals surface area contributed by atoms with Crippen LogP contribution in [0.25, 0.3) is 11.1 Å². The molecule has 0 saturated heterocycles. The smallest absolute Gasteiger partial charge is 0.335 e. The second kappa shape index (κ2) is 10.0. The molecule has 1 atom stereocenters. The molecule has 29 heavy (non-hydrogen) atoms. The number of benzene rings is 3. The van der Waals surface area contributed by atoms with Gasteiger partial charge in [-0.15, -0.1) is 0 Å². The summed E-state index contributed by atoms with van der Waals surface area (Å²) in [5.41, 5.74) is -1.63. The Morgan fingerprint density at radius 2 is 2.03 bits per heavy atom. The summed E-state index contributed by atoms with van der Waals surface area (Å²) in [6.45, 7) is -2.89. The summed E-state index contributed by atoms with van der Waals surface area (Å²) in [5, 5.41) is 22.2. The van der Waals surface area contributed by atoms with Crippen molar-refractivity contribution < 1.29 is 32.8 Å². The van der Waals surface area contributed by atoms with Gasteiger partial charge < -0.3 is 15.5 Å². The van der Waals surface area contributed by atoms with Crippen LogP contribution in [0.4, 0.5) is 0 Å². The van der Waals surface area contributed by atoms with Crippen LogP contribution in [0.15, 0.2) is 72.6 Å². The average molecular weight is 403 g/mol. The van der Waals surface area contributed by atoms with Crippen LogP contribution in [0.3, 0.4) is 0 Å². The van der Waals surface area contributed by atoms with Gasteiger partial charge in [0.05, 0.1) is 24.0 Å². The van der Waals surface area contributed by atoms with E-state index in [9.17, 15) is 15.0 Å². The number of carbonyl (C=O) groups is 1. The molecule has 0 fully saturated rings. The Balaban J connectivity index is 1.98. The number of hydrogen-bond acceptors (Lipinski definition) is 3. The van der Waals surface area contributed by atoms with E-state index in [4.69, 9.17) is 17.8 Å². The van der Waals surface area contributed by atoms with Gasteiger partial charge in [-0.25, -0.2) is 4.79 Å². The zero-order valence-electron chi connectivity index (χ0n) is 28.5. The predicted octanol–water partition coefficient (Wildman–Crippen LogP) is 4.62. The first-order valence-electron chi connectivity index (χ1n) is 15.1. The van der Waals surface area contributed by atoms with Gasteiger partial charge in [0.15, 0.2) is 0 Å². The normalized spacial score (nSPS) is 20.4. The molecule has 0 unspecified atom stereocenters. The third-order valence-electron chi connectivity index (χ3n) is 3.78. The van der Waals surface area contributed by atoms with E-state index in [1.165, 1.54) is 31.2 Å². The van der Waals surface area contributed by atoms with Crippen molar-refractivity contribution in [3.63, 3.8) is 0 Å². The minimum absolute atomic E-state index is 0.0918. The monoisotopic (exact) mass is 402 g/mol. The summed E-state index contributed by atoms with van der Waals surface area (Å²) in [5.74, 6) is -1.27. The second-order valence-electron chi connectivity index (χ2n) is 5.99. The number of rotatable bonds is 9. The quantitative estimate of drug-likeness (QED) is 0.489. The van der Waals surface area contributed by atoms with Gasteiger partial charge in [-0.1, -0.05) is 66.0 Å². The Bertz CT molecular complexity index is 1550. The first kappa shape index (κ1) is 9.70. The first-order chi connectivity index (χ1) is 19.2. The van der Waals surface area contributed by atoms with Crippen molar-refractivity contribution in [2.24, 2.45) is 0 Å². The van der Waals surface area contributed by atoms with Crippen LogP contribution in [0.5, 0.6) is 0 Å². The van der Waals surface area contributed by atoms with Crippen molar-refractivity contribution in [3.05, 3.63) is 94.9 Å². The molecule has 0 saturated carbocycles. The standard InChI is InChI=1S/C25H27NO3/c1-18-6-2-11-22(14-18)24(27)17-26-13-5-8-19-7-3-9-20(15-19)21-10-4-12-23(16-21)25(28)29/h2-4,6-7,9-12,14-16,24,26-27H,5,8,13,17H2,1H3,(H,28,29)/t24-/m0/s1/i2D,3D,5D2,6D,7D,9D,11D,14D,15D,17D2,24D. The Kier molecular flexibility index (Phi) is 3.35. The van der Waals surface area contributed by atoms with Crippen molar-refractivity contribution in [1.82, 2.24) is 5.32 Å². The van der Waals surface area contributed by atoms with Crippen LogP contribution < -0.4 is 5.32 Å². The van der Waals surface area contributed by atoms with Crippen LogP contribution in [-0.4, -0.2) is 29.2 Å². The van der Waals surface area contributed by atoms with E-state index >= 15 is 0 Å². The number of carboxylic acids is 1. The third-order valence-corrected chi connectivity index (χ3v) is 3.78. The molecule has 0 radical (unpaired) electrons. The molecule has 0 aliphatic rings. The van der Waals surface area contributed by atoms with E-state index < -0.39 is 91.8 Å². The Hall–Kier alpha value is -2.95. The van der Waals surface area contributed by atoms with Gasteiger partial charge in [-0.2, -0.15) is 0 Å². The summed E-state index contributed by atoms with van der Waals surface area (Å²) in [6.07, 6.45) is -6.62. The highest BCUT2D eigenvalue weighted by molar-refractivity contribution is 5.89. The number of nitrogens with one attached hydrogen (secondary N) is 1. The van der Waals surface area contributed by atoms with Crippen molar-refractivity contribution in [2.75, 3.05) is 13.0 Å². The van der Waals surface area contributed by atoms with Crippen LogP contribution in [-0.2, 0) is 6.42 Å². The average Bonchev–Trinajstić information content (AvgIpc) is 2.91. The highest BCUT2D eigenvalue weighted by Crippen LogP contribution is 2.22. The molecular formula is C25H27NO3. The van der Waals surface area contributed by atoms with Crippen molar-refractivity contribution in [2.45, 2.75) is 25.8 Å². The second-order valence-corrected chi connectivity index (χ2v) is 5.99. The molecule has 0 amide bonds. The molecule has 0 spiro atoms. The lowest BCUT2D eigenvalue weighted by Crippen LogP contribution is -2.22. The van der Waals surface area contributed by atoms with Gasteiger partial charge in [-0.3, -0.25) is 0 Å². The van der Waals surface area contributed by atoms with Gasteiger partial charge >= 0.3 is 5.97 Å². The fourth-order valence-corrected chi connectivity index (χ4v) is 2.42. The highest BCUT2D eigenvalue weighted by Gasteiger charge is 2.07. The number of aromatic carboxylic acids is 1. The predicted molar refractivity (Wildman–Crippen MR) is 116 cm³/mol. The minimum Gasteiger partial charge on any atom is -0.478 e. The van der Waals surface area contributed by atoms with Gasteiger partial charge in [0.1, 0.15) is 0 Å². The van der Waals surface area contributed by atoms with E-state index in [-0.39, 0.29) is 27.8 Å². The number of aliphatic hydroxyl groups is 1. The van der Waals surface area contributed by atoms with E-state index in [1.54, 1.807) is 0 Å². The lowest BCUT2D eigenvalue weighted by molar-refractivity contribution is 0.0697. The molecule has 0 bridgehead atoms. The topological polar surface area (TPSA) is 69.6 Å². The lowest BCUT2D eigenvalue weighted by atomic mass is 9.99. The number of carboxylic acid groups (broad SMARTS) is 1. The maximum Gasteiger partial charge on any atom is 0.335 e. The summed E-state index contributed by atoms with van der Waals surface area (Å²) < 4.78 is 107. The van der Waals surface area contributed by atoms with Crippen molar-refractivity contribution in [3.8, 4) is 11.1 Å². The largest absolute Gasteiger partial charge is 0.478 e. The van der Waals surface area contributed by atoms with Gasteiger partial charge in [0.25, 0.3) is 0 Å². The lowest BCUT2D eigenvalue weighted by Gasteiger charge is -2.13. The fourth-order valence-electron chi connectivity index (χ4n) is 2.42. The molecule has 4 nitrogen and oxygen atoms in total. The van der Waals surface area contributed by atoms with Crippen LogP contribution in [0, 0.1) is 6.92 Å². The van der Waals surface area contributed by atoms with Crippen LogP contribution in [0.2, 0.25) is 0 Å². The van der Waals surface area contributed by atoms with Crippen molar-refractivity contribution >= 4 is 5.97 Å². The molecule has 3 aromatic carbocycles. The summed E-state index contributed by atoms with van der Waals surface area (Å²) in [4.78, 5) is 11.4. The molecule has 0 aliphatic heterocycles. The maximum absolute atomic E-state index is 11.4. The van der Waals surface area contributed by atoms with Gasteiger partial charge in [-0.05, 0) is 60.6 Å². The molecule has 3 aromatic rings. The Morgan fingerprint density at radius 3 is 2.86 bits per heavy atom. The highest BCUT2D eigenvalue weighted by atomic mass is 16.4. The fraction of sp³-hybridized carbons (Fsp3) is 0.240. The third kappa shape index (κ3) is 6.01. The molecule has 0 heterocycles. The van der Waals surface area contributed by atoms with Crippen molar-refractivity contribution in [1.29, 1.82) is 0 Å². The van der Waals surface area contributed by atoms with E-state index in [0.717, 1.165) is 0 Å². The first-order valence-corrected chi connectivity index (χ1v) is 8.64. The number of hydrogen-bond donors (Lipinski definition) is 3. The molecule has 0 aromatic heterocycles. The van der Waals surface area contributed by atoms with Crippen LogP contribution >= 0.6 is 0 Å². The molecule has 3 N–H and O–H groups in total. The SMILES string of the molecule is [2H]c1c([2H])c(CC([2H])([2H])CNC([2H])([2H])[C@]([2H])(O)c2c([2H])c([2H])c([2H])c(C)c2[2H])c([2H])c(-c2cccc(C(=O)O)c2)c1[2H]. The Morgan fingerprint density at radius 1 is 1.21 bits per heavy atom. The molecule has 150 valence electrons. The zero-order valence-corrected chi connectivity index (χ0v) is 15.5. The minimum atomic E-state index is -3.38. The van der Waals surface area contributed by atoms with Gasteiger partial charge in [0.2, 0.25) is 0 Å². The summed E-state index contributed by atoms with van der Waals surface area (Å²) in [6, 6.07) is 0.124. The molecule has 4 heteroatoms. The van der Waals surface area contributed by atoms with Crippen LogP contribution in [0.1, 0.15) is 57.3 Å². The maximum atomic E-state index is 11.4. The molecular weight excluding hydrogens is 362 g/mol. The van der Waals surface area contributed by atoms with E-state index in [2.05, 4.69) is 5.32 Å². The Labute approximate surface area is 190 Å². The summed E-state index contributed by atoms with van der Waals surface area (Å²) in [7, 11) is 0. The molecule has 0 aliphatic carbocycles. The van der Waals surface area contributed by atoms with Gasteiger partial charge in [0, 0.05) is 12.0 Å². The van der Waals surface area contributed by atoms with E-state index in [1.807, 2.05) is 0 Å². The molecule has 3 rings (SSSR count). The van der Waals surface area contributed by atoms with E-state index in [0.29, 0.717) is 0 Å². The summed E-state index contributed by atoms with van der Waals surface area (Å²) >= 11 is 0.